The molecule has 0 aliphatic carbocycles. The summed E-state index contributed by atoms with van der Waals surface area (Å²) in [6, 6.07) is 13.1. The molecule has 4 rings (SSSR count). The number of sulfonamides is 1. The summed E-state index contributed by atoms with van der Waals surface area (Å²) in [5.74, 6) is -0.430. The topological polar surface area (TPSA) is 86.8 Å². The van der Waals surface area contributed by atoms with E-state index in [0.29, 0.717) is 42.5 Å². The quantitative estimate of drug-likeness (QED) is 0.657. The first-order valence-corrected chi connectivity index (χ1v) is 12.9. The molecule has 1 N–H and O–H groups in total. The van der Waals surface area contributed by atoms with E-state index in [0.717, 1.165) is 11.1 Å². The summed E-state index contributed by atoms with van der Waals surface area (Å²) in [6.07, 6.45) is 1.56. The van der Waals surface area contributed by atoms with E-state index in [2.05, 4.69) is 21.2 Å². The molecule has 170 valence electrons. The van der Waals surface area contributed by atoms with Crippen LogP contribution >= 0.6 is 15.9 Å². The van der Waals surface area contributed by atoms with Gasteiger partial charge in [0.05, 0.1) is 5.69 Å². The SMILES string of the molecule is CC(=O)N1CCc2cc(Br)cc(S(=O)(=O)N3CCC(C(=O)NCc4ccccc4)CC3)c21. The number of halogens is 1. The van der Waals surface area contributed by atoms with Gasteiger partial charge in [0.25, 0.3) is 0 Å². The molecule has 0 radical (unpaired) electrons. The summed E-state index contributed by atoms with van der Waals surface area (Å²) in [4.78, 5) is 26.4. The Morgan fingerprint density at radius 1 is 1.09 bits per heavy atom. The Morgan fingerprint density at radius 2 is 1.78 bits per heavy atom. The molecule has 2 heterocycles. The number of hydrogen-bond donors (Lipinski definition) is 1. The zero-order valence-electron chi connectivity index (χ0n) is 17.9. The van der Waals surface area contributed by atoms with Crippen LogP contribution in [0.3, 0.4) is 0 Å². The van der Waals surface area contributed by atoms with Crippen molar-refractivity contribution in [3.63, 3.8) is 0 Å². The van der Waals surface area contributed by atoms with E-state index in [-0.39, 0.29) is 35.7 Å². The van der Waals surface area contributed by atoms with Crippen molar-refractivity contribution >= 4 is 43.5 Å². The van der Waals surface area contributed by atoms with Crippen LogP contribution in [-0.2, 0) is 32.6 Å². The number of piperidine rings is 1. The molecule has 0 spiro atoms. The molecule has 0 saturated carbocycles. The summed E-state index contributed by atoms with van der Waals surface area (Å²) in [5, 5.41) is 2.96. The van der Waals surface area contributed by atoms with E-state index in [4.69, 9.17) is 0 Å². The van der Waals surface area contributed by atoms with Crippen LogP contribution in [0.2, 0.25) is 0 Å². The van der Waals surface area contributed by atoms with Gasteiger partial charge in [-0.3, -0.25) is 9.59 Å². The molecule has 0 unspecified atom stereocenters. The van der Waals surface area contributed by atoms with Gasteiger partial charge in [-0.1, -0.05) is 46.3 Å². The third-order valence-corrected chi connectivity index (χ3v) is 8.50. The lowest BCUT2D eigenvalue weighted by Gasteiger charge is -2.31. The molecule has 32 heavy (non-hydrogen) atoms. The molecule has 9 heteroatoms. The number of amides is 2. The van der Waals surface area contributed by atoms with Crippen molar-refractivity contribution in [2.24, 2.45) is 5.92 Å². The summed E-state index contributed by atoms with van der Waals surface area (Å²) >= 11 is 3.41. The fraction of sp³-hybridized carbons (Fsp3) is 0.391. The Labute approximate surface area is 197 Å². The molecule has 0 atom stereocenters. The lowest BCUT2D eigenvalue weighted by atomic mass is 9.97. The van der Waals surface area contributed by atoms with Crippen LogP contribution < -0.4 is 10.2 Å². The number of nitrogens with zero attached hydrogens (tertiary/aromatic N) is 2. The molecular formula is C23H26BrN3O4S. The minimum absolute atomic E-state index is 0.0444. The van der Waals surface area contributed by atoms with E-state index in [1.807, 2.05) is 36.4 Å². The summed E-state index contributed by atoms with van der Waals surface area (Å²) in [6.45, 7) is 2.93. The van der Waals surface area contributed by atoms with Crippen LogP contribution in [0.25, 0.3) is 0 Å². The van der Waals surface area contributed by atoms with E-state index in [9.17, 15) is 18.0 Å². The molecule has 0 aromatic heterocycles. The van der Waals surface area contributed by atoms with Gasteiger partial charge in [-0.05, 0) is 42.5 Å². The smallest absolute Gasteiger partial charge is 0.245 e. The largest absolute Gasteiger partial charge is 0.352 e. The van der Waals surface area contributed by atoms with Crippen molar-refractivity contribution < 1.29 is 18.0 Å². The molecule has 2 aliphatic heterocycles. The maximum Gasteiger partial charge on any atom is 0.245 e. The van der Waals surface area contributed by atoms with E-state index in [1.54, 1.807) is 11.0 Å². The summed E-state index contributed by atoms with van der Waals surface area (Å²) in [5.41, 5.74) is 2.37. The molecule has 2 aromatic carbocycles. The van der Waals surface area contributed by atoms with Crippen molar-refractivity contribution in [2.45, 2.75) is 37.6 Å². The lowest BCUT2D eigenvalue weighted by molar-refractivity contribution is -0.126. The lowest BCUT2D eigenvalue weighted by Crippen LogP contribution is -2.43. The second-order valence-electron chi connectivity index (χ2n) is 8.21. The fourth-order valence-corrected chi connectivity index (χ4v) is 6.80. The standard InChI is InChI=1S/C23H26BrN3O4S/c1-16(28)27-12-9-19-13-20(24)14-21(22(19)27)32(30,31)26-10-7-18(8-11-26)23(29)25-15-17-5-3-2-4-6-17/h2-6,13-14,18H,7-12,15H2,1H3,(H,25,29). The number of benzene rings is 2. The number of fused-ring (bicyclic) bond motifs is 1. The number of carbonyl (C=O) groups is 2. The average Bonchev–Trinajstić information content (AvgIpc) is 3.21. The van der Waals surface area contributed by atoms with Crippen molar-refractivity contribution in [1.82, 2.24) is 9.62 Å². The zero-order valence-corrected chi connectivity index (χ0v) is 20.3. The Balaban J connectivity index is 1.46. The minimum Gasteiger partial charge on any atom is -0.352 e. The molecule has 0 bridgehead atoms. The van der Waals surface area contributed by atoms with Gasteiger partial charge >= 0.3 is 0 Å². The van der Waals surface area contributed by atoms with Gasteiger partial charge < -0.3 is 10.2 Å². The highest BCUT2D eigenvalue weighted by Crippen LogP contribution is 2.39. The number of carbonyl (C=O) groups excluding carboxylic acids is 2. The van der Waals surface area contributed by atoms with Crippen LogP contribution in [0.1, 0.15) is 30.9 Å². The highest BCUT2D eigenvalue weighted by atomic mass is 79.9. The maximum absolute atomic E-state index is 13.5. The second-order valence-corrected chi connectivity index (χ2v) is 11.0. The van der Waals surface area contributed by atoms with E-state index >= 15 is 0 Å². The van der Waals surface area contributed by atoms with Gasteiger partial charge in [-0.2, -0.15) is 4.31 Å². The van der Waals surface area contributed by atoms with Gasteiger partial charge in [0.1, 0.15) is 4.90 Å². The molecule has 7 nitrogen and oxygen atoms in total. The Morgan fingerprint density at radius 3 is 2.44 bits per heavy atom. The Bertz CT molecular complexity index is 1130. The normalized spacial score (nSPS) is 17.2. The van der Waals surface area contributed by atoms with Crippen LogP contribution in [0.15, 0.2) is 51.8 Å². The van der Waals surface area contributed by atoms with Crippen LogP contribution in [0.5, 0.6) is 0 Å². The third kappa shape index (κ3) is 4.60. The van der Waals surface area contributed by atoms with Crippen molar-refractivity contribution in [2.75, 3.05) is 24.5 Å². The van der Waals surface area contributed by atoms with Gasteiger partial charge in [-0.25, -0.2) is 8.42 Å². The van der Waals surface area contributed by atoms with Crippen LogP contribution in [0, 0.1) is 5.92 Å². The van der Waals surface area contributed by atoms with Crippen molar-refractivity contribution in [3.05, 3.63) is 58.1 Å². The van der Waals surface area contributed by atoms with E-state index < -0.39 is 10.0 Å². The molecule has 1 fully saturated rings. The average molecular weight is 520 g/mol. The monoisotopic (exact) mass is 519 g/mol. The first kappa shape index (κ1) is 22.9. The van der Waals surface area contributed by atoms with Crippen molar-refractivity contribution in [1.29, 1.82) is 0 Å². The Hall–Kier alpha value is -2.23. The predicted octanol–water partition coefficient (Wildman–Crippen LogP) is 3.08. The predicted molar refractivity (Wildman–Crippen MR) is 126 cm³/mol. The molecular weight excluding hydrogens is 494 g/mol. The summed E-state index contributed by atoms with van der Waals surface area (Å²) < 4.78 is 29.2. The van der Waals surface area contributed by atoms with Gasteiger partial charge in [0, 0.05) is 43.5 Å². The number of rotatable bonds is 5. The highest BCUT2D eigenvalue weighted by Gasteiger charge is 2.37. The summed E-state index contributed by atoms with van der Waals surface area (Å²) in [7, 11) is -3.80. The molecule has 2 aliphatic rings. The first-order chi connectivity index (χ1) is 15.3. The molecule has 1 saturated heterocycles. The van der Waals surface area contributed by atoms with Gasteiger partial charge in [-0.15, -0.1) is 0 Å². The van der Waals surface area contributed by atoms with Crippen molar-refractivity contribution in [3.8, 4) is 0 Å². The van der Waals surface area contributed by atoms with Gasteiger partial charge in [0.15, 0.2) is 0 Å². The molecule has 2 amide bonds. The number of nitrogens with one attached hydrogen (secondary N) is 1. The highest BCUT2D eigenvalue weighted by molar-refractivity contribution is 9.10. The first-order valence-electron chi connectivity index (χ1n) is 10.7. The second kappa shape index (κ2) is 9.33. The third-order valence-electron chi connectivity index (χ3n) is 6.13. The zero-order chi connectivity index (χ0) is 22.9. The fourth-order valence-electron chi connectivity index (χ4n) is 4.41. The maximum atomic E-state index is 13.5. The molecule has 2 aromatic rings. The number of hydrogen-bond acceptors (Lipinski definition) is 4. The van der Waals surface area contributed by atoms with E-state index in [1.165, 1.54) is 11.2 Å². The Kier molecular flexibility index (Phi) is 6.69. The van der Waals surface area contributed by atoms with Gasteiger partial charge in [0.2, 0.25) is 21.8 Å². The minimum atomic E-state index is -3.80. The number of anilines is 1. The van der Waals surface area contributed by atoms with Crippen LogP contribution in [0.4, 0.5) is 5.69 Å². The van der Waals surface area contributed by atoms with Crippen LogP contribution in [-0.4, -0.2) is 44.2 Å².